The van der Waals surface area contributed by atoms with Crippen molar-refractivity contribution in [2.24, 2.45) is 5.73 Å². The number of nitrogens with two attached hydrogens (primary N) is 1. The summed E-state index contributed by atoms with van der Waals surface area (Å²) in [5, 5.41) is 0. The van der Waals surface area contributed by atoms with E-state index < -0.39 is 0 Å². The van der Waals surface area contributed by atoms with E-state index in [2.05, 4.69) is 0 Å². The van der Waals surface area contributed by atoms with Gasteiger partial charge in [-0.25, -0.2) is 4.39 Å². The summed E-state index contributed by atoms with van der Waals surface area (Å²) in [6.07, 6.45) is 1.83. The van der Waals surface area contributed by atoms with Crippen LogP contribution in [-0.2, 0) is 12.0 Å². The van der Waals surface area contributed by atoms with Crippen molar-refractivity contribution in [1.29, 1.82) is 0 Å². The molecule has 2 rings (SSSR count). The highest BCUT2D eigenvalue weighted by Crippen LogP contribution is 2.34. The lowest BCUT2D eigenvalue weighted by Crippen LogP contribution is -2.29. The van der Waals surface area contributed by atoms with Crippen molar-refractivity contribution in [2.75, 3.05) is 0 Å². The summed E-state index contributed by atoms with van der Waals surface area (Å²) < 4.78 is 12.8. The number of hydrogen-bond acceptors (Lipinski definition) is 1. The van der Waals surface area contributed by atoms with Crippen LogP contribution in [0.25, 0.3) is 0 Å². The number of fused-ring (bicyclic) bond motifs is 1. The predicted molar refractivity (Wildman–Crippen MR) is 46.3 cm³/mol. The first kappa shape index (κ1) is 7.74. The van der Waals surface area contributed by atoms with Crippen LogP contribution in [0.5, 0.6) is 0 Å². The van der Waals surface area contributed by atoms with Gasteiger partial charge in [0.2, 0.25) is 0 Å². The molecule has 0 bridgehead atoms. The van der Waals surface area contributed by atoms with Crippen LogP contribution in [-0.4, -0.2) is 0 Å². The van der Waals surface area contributed by atoms with E-state index in [4.69, 9.17) is 5.73 Å². The normalized spacial score (nSPS) is 27.2. The van der Waals surface area contributed by atoms with E-state index in [-0.39, 0.29) is 11.4 Å². The lowest BCUT2D eigenvalue weighted by Gasteiger charge is -2.18. The average molecular weight is 165 g/mol. The number of benzene rings is 1. The van der Waals surface area contributed by atoms with Gasteiger partial charge in [-0.2, -0.15) is 0 Å². The highest BCUT2D eigenvalue weighted by molar-refractivity contribution is 5.37. The van der Waals surface area contributed by atoms with Crippen LogP contribution in [0.4, 0.5) is 4.39 Å². The maximum absolute atomic E-state index is 12.8. The van der Waals surface area contributed by atoms with Gasteiger partial charge in [0, 0.05) is 5.54 Å². The Balaban J connectivity index is 2.55. The minimum atomic E-state index is -0.247. The molecule has 12 heavy (non-hydrogen) atoms. The zero-order valence-electron chi connectivity index (χ0n) is 7.10. The van der Waals surface area contributed by atoms with Gasteiger partial charge in [0.15, 0.2) is 0 Å². The Morgan fingerprint density at radius 1 is 1.50 bits per heavy atom. The molecule has 0 amide bonds. The fourth-order valence-electron chi connectivity index (χ4n) is 1.86. The molecule has 1 aliphatic rings. The second-order valence-corrected chi connectivity index (χ2v) is 3.72. The smallest absolute Gasteiger partial charge is 0.123 e. The first-order valence-corrected chi connectivity index (χ1v) is 4.17. The summed E-state index contributed by atoms with van der Waals surface area (Å²) in [7, 11) is 0. The third kappa shape index (κ3) is 1.03. The van der Waals surface area contributed by atoms with Crippen LogP contribution in [0, 0.1) is 5.82 Å². The summed E-state index contributed by atoms with van der Waals surface area (Å²) in [5.74, 6) is -0.161. The molecular weight excluding hydrogens is 153 g/mol. The molecule has 1 aromatic rings. The van der Waals surface area contributed by atoms with Crippen LogP contribution >= 0.6 is 0 Å². The van der Waals surface area contributed by atoms with Gasteiger partial charge < -0.3 is 5.73 Å². The van der Waals surface area contributed by atoms with Gasteiger partial charge in [-0.1, -0.05) is 6.07 Å². The first-order chi connectivity index (χ1) is 5.59. The first-order valence-electron chi connectivity index (χ1n) is 4.17. The third-order valence-corrected chi connectivity index (χ3v) is 2.60. The second kappa shape index (κ2) is 2.30. The lowest BCUT2D eigenvalue weighted by atomic mass is 9.96. The molecule has 0 saturated heterocycles. The molecule has 64 valence electrons. The Morgan fingerprint density at radius 3 is 3.00 bits per heavy atom. The number of halogens is 1. The largest absolute Gasteiger partial charge is 0.322 e. The Bertz CT molecular complexity index is 318. The third-order valence-electron chi connectivity index (χ3n) is 2.60. The van der Waals surface area contributed by atoms with Gasteiger partial charge in [-0.05, 0) is 43.0 Å². The summed E-state index contributed by atoms with van der Waals surface area (Å²) >= 11 is 0. The fraction of sp³-hybridized carbons (Fsp3) is 0.400. The maximum atomic E-state index is 12.8. The summed E-state index contributed by atoms with van der Waals surface area (Å²) in [6, 6.07) is 4.88. The van der Waals surface area contributed by atoms with Crippen molar-refractivity contribution in [2.45, 2.75) is 25.3 Å². The van der Waals surface area contributed by atoms with Crippen molar-refractivity contribution < 1.29 is 4.39 Å². The summed E-state index contributed by atoms with van der Waals surface area (Å²) in [6.45, 7) is 2.00. The Kier molecular flexibility index (Phi) is 1.48. The number of aryl methyl sites for hydroxylation is 1. The molecule has 1 unspecified atom stereocenters. The number of hydrogen-bond donors (Lipinski definition) is 1. The lowest BCUT2D eigenvalue weighted by molar-refractivity contribution is 0.492. The molecule has 1 aliphatic carbocycles. The SMILES string of the molecule is CC1(N)CCc2cc(F)ccc21. The van der Waals surface area contributed by atoms with Crippen LogP contribution in [0.2, 0.25) is 0 Å². The van der Waals surface area contributed by atoms with E-state index in [1.165, 1.54) is 6.07 Å². The van der Waals surface area contributed by atoms with E-state index in [1.54, 1.807) is 12.1 Å². The van der Waals surface area contributed by atoms with Crippen LogP contribution in [0.1, 0.15) is 24.5 Å². The average Bonchev–Trinajstić information content (AvgIpc) is 2.27. The summed E-state index contributed by atoms with van der Waals surface area (Å²) in [5.41, 5.74) is 7.94. The monoisotopic (exact) mass is 165 g/mol. The molecule has 2 heteroatoms. The highest BCUT2D eigenvalue weighted by Gasteiger charge is 2.29. The van der Waals surface area contributed by atoms with Crippen molar-refractivity contribution in [1.82, 2.24) is 0 Å². The van der Waals surface area contributed by atoms with E-state index in [9.17, 15) is 4.39 Å². The quantitative estimate of drug-likeness (QED) is 0.624. The van der Waals surface area contributed by atoms with Gasteiger partial charge in [0.05, 0.1) is 0 Å². The van der Waals surface area contributed by atoms with Crippen LogP contribution < -0.4 is 5.73 Å². The molecule has 0 aliphatic heterocycles. The second-order valence-electron chi connectivity index (χ2n) is 3.72. The van der Waals surface area contributed by atoms with Gasteiger partial charge in [-0.3, -0.25) is 0 Å². The zero-order valence-corrected chi connectivity index (χ0v) is 7.10. The van der Waals surface area contributed by atoms with Crippen molar-refractivity contribution in [3.63, 3.8) is 0 Å². The molecule has 0 radical (unpaired) electrons. The van der Waals surface area contributed by atoms with Gasteiger partial charge in [-0.15, -0.1) is 0 Å². The Morgan fingerprint density at radius 2 is 2.25 bits per heavy atom. The van der Waals surface area contributed by atoms with E-state index in [0.717, 1.165) is 24.0 Å². The Hall–Kier alpha value is -0.890. The summed E-state index contributed by atoms with van der Waals surface area (Å²) in [4.78, 5) is 0. The Labute approximate surface area is 71.4 Å². The molecule has 2 N–H and O–H groups in total. The maximum Gasteiger partial charge on any atom is 0.123 e. The molecule has 0 saturated carbocycles. The minimum Gasteiger partial charge on any atom is -0.322 e. The topological polar surface area (TPSA) is 26.0 Å². The van der Waals surface area contributed by atoms with E-state index in [1.807, 2.05) is 6.92 Å². The number of rotatable bonds is 0. The van der Waals surface area contributed by atoms with E-state index in [0.29, 0.717) is 0 Å². The predicted octanol–water partition coefficient (Wildman–Crippen LogP) is 1.95. The standard InChI is InChI=1S/C10H12FN/c1-10(12)5-4-7-6-8(11)2-3-9(7)10/h2-3,6H,4-5,12H2,1H3. The van der Waals surface area contributed by atoms with Crippen molar-refractivity contribution in [3.05, 3.63) is 35.1 Å². The van der Waals surface area contributed by atoms with Gasteiger partial charge in [0.1, 0.15) is 5.82 Å². The molecule has 0 spiro atoms. The minimum absolute atomic E-state index is 0.161. The molecule has 1 nitrogen and oxygen atoms in total. The van der Waals surface area contributed by atoms with Gasteiger partial charge >= 0.3 is 0 Å². The zero-order chi connectivity index (χ0) is 8.77. The molecule has 0 heterocycles. The van der Waals surface area contributed by atoms with Crippen LogP contribution in [0.3, 0.4) is 0 Å². The molecule has 0 fully saturated rings. The highest BCUT2D eigenvalue weighted by atomic mass is 19.1. The van der Waals surface area contributed by atoms with E-state index >= 15 is 0 Å². The van der Waals surface area contributed by atoms with Gasteiger partial charge in [0.25, 0.3) is 0 Å². The van der Waals surface area contributed by atoms with Crippen molar-refractivity contribution in [3.8, 4) is 0 Å². The van der Waals surface area contributed by atoms with Crippen molar-refractivity contribution >= 4 is 0 Å². The molecule has 1 atom stereocenters. The van der Waals surface area contributed by atoms with Crippen LogP contribution in [0.15, 0.2) is 18.2 Å². The molecule has 1 aromatic carbocycles. The molecule has 0 aromatic heterocycles. The molecular formula is C10H12FN. The fourth-order valence-corrected chi connectivity index (χ4v) is 1.86.